The maximum Gasteiger partial charge on any atom is 0.124 e. The second-order valence-corrected chi connectivity index (χ2v) is 5.76. The zero-order valence-corrected chi connectivity index (χ0v) is 13.8. The molecule has 0 spiro atoms. The van der Waals surface area contributed by atoms with Crippen LogP contribution in [0.25, 0.3) is 0 Å². The molecule has 0 saturated carbocycles. The Hall–Kier alpha value is -1.22. The van der Waals surface area contributed by atoms with E-state index >= 15 is 0 Å². The zero-order chi connectivity index (χ0) is 15.2. The van der Waals surface area contributed by atoms with Gasteiger partial charge in [-0.25, -0.2) is 0 Å². The molecule has 0 aliphatic heterocycles. The molecule has 0 bridgehead atoms. The van der Waals surface area contributed by atoms with E-state index in [1.165, 1.54) is 5.56 Å². The minimum absolute atomic E-state index is 0.404. The summed E-state index contributed by atoms with van der Waals surface area (Å²) in [5, 5.41) is 4.65. The molecule has 0 aliphatic carbocycles. The van der Waals surface area contributed by atoms with Crippen LogP contribution in [-0.2, 0) is 13.2 Å². The first-order valence-electron chi connectivity index (χ1n) is 6.97. The highest BCUT2D eigenvalue weighted by molar-refractivity contribution is 6.33. The van der Waals surface area contributed by atoms with E-state index in [2.05, 4.69) is 25.2 Å². The highest BCUT2D eigenvalue weighted by Gasteiger charge is 2.07. The largest absolute Gasteiger partial charge is 0.489 e. The molecule has 112 valence electrons. The van der Waals surface area contributed by atoms with Gasteiger partial charge in [-0.1, -0.05) is 47.8 Å². The molecule has 0 heterocycles. The van der Waals surface area contributed by atoms with Crippen molar-refractivity contribution in [2.45, 2.75) is 27.0 Å². The molecule has 1 N–H and O–H groups in total. The molecule has 2 nitrogen and oxygen atoms in total. The third-order valence-electron chi connectivity index (χ3n) is 3.17. The molecular weight excluding hydrogens is 305 g/mol. The van der Waals surface area contributed by atoms with Crippen molar-refractivity contribution in [1.82, 2.24) is 5.32 Å². The number of hydrogen-bond donors (Lipinski definition) is 1. The van der Waals surface area contributed by atoms with Crippen LogP contribution in [0.4, 0.5) is 0 Å². The van der Waals surface area contributed by atoms with E-state index in [1.54, 1.807) is 12.1 Å². The van der Waals surface area contributed by atoms with Crippen LogP contribution in [0.1, 0.15) is 23.6 Å². The lowest BCUT2D eigenvalue weighted by atomic mass is 10.1. The minimum atomic E-state index is 0.404. The highest BCUT2D eigenvalue weighted by Crippen LogP contribution is 2.25. The fourth-order valence-electron chi connectivity index (χ4n) is 2.06. The third-order valence-corrected chi connectivity index (χ3v) is 3.78. The smallest absolute Gasteiger partial charge is 0.124 e. The maximum absolute atomic E-state index is 6.16. The quantitative estimate of drug-likeness (QED) is 0.808. The number of benzene rings is 2. The van der Waals surface area contributed by atoms with Crippen LogP contribution in [0.5, 0.6) is 5.75 Å². The Balaban J connectivity index is 2.13. The molecule has 2 rings (SSSR count). The van der Waals surface area contributed by atoms with Crippen molar-refractivity contribution in [3.8, 4) is 5.75 Å². The van der Waals surface area contributed by atoms with Crippen molar-refractivity contribution in [1.29, 1.82) is 0 Å². The zero-order valence-electron chi connectivity index (χ0n) is 12.2. The number of rotatable bonds is 6. The van der Waals surface area contributed by atoms with Gasteiger partial charge >= 0.3 is 0 Å². The predicted molar refractivity (Wildman–Crippen MR) is 89.4 cm³/mol. The molecular formula is C17H19Cl2NO. The Morgan fingerprint density at radius 3 is 2.62 bits per heavy atom. The number of hydrogen-bond acceptors (Lipinski definition) is 2. The predicted octanol–water partition coefficient (Wildman–Crippen LogP) is 4.99. The summed E-state index contributed by atoms with van der Waals surface area (Å²) >= 11 is 12.2. The van der Waals surface area contributed by atoms with Crippen LogP contribution in [-0.4, -0.2) is 6.54 Å². The van der Waals surface area contributed by atoms with Gasteiger partial charge < -0.3 is 10.1 Å². The van der Waals surface area contributed by atoms with E-state index in [0.29, 0.717) is 16.7 Å². The first-order valence-corrected chi connectivity index (χ1v) is 7.72. The second kappa shape index (κ2) is 7.69. The van der Waals surface area contributed by atoms with E-state index in [-0.39, 0.29) is 0 Å². The molecule has 0 radical (unpaired) electrons. The Labute approximate surface area is 136 Å². The first kappa shape index (κ1) is 16.2. The summed E-state index contributed by atoms with van der Waals surface area (Å²) in [5.74, 6) is 0.873. The molecule has 21 heavy (non-hydrogen) atoms. The normalized spacial score (nSPS) is 10.7. The van der Waals surface area contributed by atoms with Gasteiger partial charge in [-0.15, -0.1) is 0 Å². The van der Waals surface area contributed by atoms with Crippen molar-refractivity contribution in [2.75, 3.05) is 6.54 Å². The summed E-state index contributed by atoms with van der Waals surface area (Å²) in [4.78, 5) is 0. The Morgan fingerprint density at radius 1 is 1.05 bits per heavy atom. The van der Waals surface area contributed by atoms with Crippen LogP contribution < -0.4 is 10.1 Å². The van der Waals surface area contributed by atoms with Gasteiger partial charge in [0.15, 0.2) is 0 Å². The van der Waals surface area contributed by atoms with E-state index < -0.39 is 0 Å². The summed E-state index contributed by atoms with van der Waals surface area (Å²) in [6.45, 7) is 6.28. The molecule has 0 atom stereocenters. The molecule has 4 heteroatoms. The summed E-state index contributed by atoms with van der Waals surface area (Å²) < 4.78 is 5.93. The fourth-order valence-corrected chi connectivity index (χ4v) is 2.42. The van der Waals surface area contributed by atoms with Crippen LogP contribution >= 0.6 is 23.2 Å². The molecule has 0 saturated heterocycles. The standard InChI is InChI=1S/C17H19Cl2NO/c1-3-20-10-13-8-12(2)4-7-17(13)21-11-14-9-15(18)5-6-16(14)19/h4-9,20H,3,10-11H2,1-2H3. The summed E-state index contributed by atoms with van der Waals surface area (Å²) in [7, 11) is 0. The van der Waals surface area contributed by atoms with Gasteiger partial charge in [0, 0.05) is 27.7 Å². The average molecular weight is 324 g/mol. The molecule has 0 aromatic heterocycles. The van der Waals surface area contributed by atoms with Gasteiger partial charge in [0.2, 0.25) is 0 Å². The van der Waals surface area contributed by atoms with E-state index in [1.807, 2.05) is 18.2 Å². The van der Waals surface area contributed by atoms with Gasteiger partial charge in [-0.3, -0.25) is 0 Å². The Bertz CT molecular complexity index is 614. The lowest BCUT2D eigenvalue weighted by molar-refractivity contribution is 0.302. The lowest BCUT2D eigenvalue weighted by Crippen LogP contribution is -2.13. The van der Waals surface area contributed by atoms with Gasteiger partial charge in [0.05, 0.1) is 0 Å². The van der Waals surface area contributed by atoms with Crippen molar-refractivity contribution in [3.63, 3.8) is 0 Å². The SMILES string of the molecule is CCNCc1cc(C)ccc1OCc1cc(Cl)ccc1Cl. The number of aryl methyl sites for hydroxylation is 1. The van der Waals surface area contributed by atoms with Gasteiger partial charge in [0.1, 0.15) is 12.4 Å². The molecule has 2 aromatic carbocycles. The molecule has 0 amide bonds. The van der Waals surface area contributed by atoms with E-state index in [9.17, 15) is 0 Å². The third kappa shape index (κ3) is 4.63. The lowest BCUT2D eigenvalue weighted by Gasteiger charge is -2.13. The van der Waals surface area contributed by atoms with Gasteiger partial charge in [-0.05, 0) is 37.7 Å². The first-order chi connectivity index (χ1) is 10.1. The van der Waals surface area contributed by atoms with Crippen LogP contribution in [0, 0.1) is 6.92 Å². The Morgan fingerprint density at radius 2 is 1.86 bits per heavy atom. The van der Waals surface area contributed by atoms with Crippen LogP contribution in [0.2, 0.25) is 10.0 Å². The van der Waals surface area contributed by atoms with E-state index in [0.717, 1.165) is 30.0 Å². The average Bonchev–Trinajstić information content (AvgIpc) is 2.47. The van der Waals surface area contributed by atoms with Crippen LogP contribution in [0.15, 0.2) is 36.4 Å². The van der Waals surface area contributed by atoms with Crippen molar-refractivity contribution in [2.24, 2.45) is 0 Å². The molecule has 0 fully saturated rings. The monoisotopic (exact) mass is 323 g/mol. The topological polar surface area (TPSA) is 21.3 Å². The Kier molecular flexibility index (Phi) is 5.92. The van der Waals surface area contributed by atoms with Crippen LogP contribution in [0.3, 0.4) is 0 Å². The molecule has 0 unspecified atom stereocenters. The number of nitrogens with one attached hydrogen (secondary N) is 1. The second-order valence-electron chi connectivity index (χ2n) is 4.92. The number of ether oxygens (including phenoxy) is 1. The summed E-state index contributed by atoms with van der Waals surface area (Å²) in [6, 6.07) is 11.6. The summed E-state index contributed by atoms with van der Waals surface area (Å²) in [6.07, 6.45) is 0. The molecule has 2 aromatic rings. The highest BCUT2D eigenvalue weighted by atomic mass is 35.5. The van der Waals surface area contributed by atoms with Crippen molar-refractivity contribution in [3.05, 3.63) is 63.1 Å². The molecule has 0 aliphatic rings. The minimum Gasteiger partial charge on any atom is -0.489 e. The summed E-state index contributed by atoms with van der Waals surface area (Å²) in [5.41, 5.74) is 3.25. The van der Waals surface area contributed by atoms with Gasteiger partial charge in [0.25, 0.3) is 0 Å². The fraction of sp³-hybridized carbons (Fsp3) is 0.294. The maximum atomic E-state index is 6.16. The number of halogens is 2. The van der Waals surface area contributed by atoms with Gasteiger partial charge in [-0.2, -0.15) is 0 Å². The van der Waals surface area contributed by atoms with E-state index in [4.69, 9.17) is 27.9 Å². The van der Waals surface area contributed by atoms with Crippen molar-refractivity contribution < 1.29 is 4.74 Å². The van der Waals surface area contributed by atoms with Crippen molar-refractivity contribution >= 4 is 23.2 Å².